The molecular formula is C12H23AlO13. The first kappa shape index (κ1) is 26.9. The quantitative estimate of drug-likeness (QED) is 0.0888. The second-order valence-corrected chi connectivity index (χ2v) is 5.19. The molecule has 2 unspecified atom stereocenters. The Balaban J connectivity index is 0. The van der Waals surface area contributed by atoms with Gasteiger partial charge in [0.25, 0.3) is 0 Å². The van der Waals surface area contributed by atoms with Gasteiger partial charge >= 0.3 is 17.9 Å². The summed E-state index contributed by atoms with van der Waals surface area (Å²) in [4.78, 5) is 32.9. The van der Waals surface area contributed by atoms with Crippen LogP contribution in [-0.2, 0) is 19.1 Å². The minimum absolute atomic E-state index is 0. The number of aliphatic hydroxyl groups excluding tert-OH is 6. The molecule has 0 spiro atoms. The van der Waals surface area contributed by atoms with Crippen molar-refractivity contribution in [3.8, 4) is 0 Å². The van der Waals surface area contributed by atoms with Crippen LogP contribution in [0.2, 0.25) is 0 Å². The second-order valence-electron chi connectivity index (χ2n) is 5.19. The average Bonchev–Trinajstić information content (AvgIpc) is 2.50. The summed E-state index contributed by atoms with van der Waals surface area (Å²) >= 11 is 0. The Bertz CT molecular complexity index is 486. The number of aliphatic hydroxyl groups is 7. The molecule has 0 amide bonds. The molecule has 0 bridgehead atoms. The van der Waals surface area contributed by atoms with Crippen LogP contribution in [0.15, 0.2) is 0 Å². The molecule has 0 aromatic heterocycles. The molecule has 0 radical (unpaired) electrons. The summed E-state index contributed by atoms with van der Waals surface area (Å²) in [5.41, 5.74) is -3.04. The van der Waals surface area contributed by atoms with Gasteiger partial charge in [-0.1, -0.05) is 0 Å². The monoisotopic (exact) mass is 402 g/mol. The molecule has 14 heteroatoms. The highest BCUT2D eigenvalue weighted by Gasteiger charge is 2.43. The Labute approximate surface area is 156 Å². The third kappa shape index (κ3) is 7.91. The summed E-state index contributed by atoms with van der Waals surface area (Å²) < 4.78 is 4.16. The molecule has 152 valence electrons. The Morgan fingerprint density at radius 1 is 0.885 bits per heavy atom. The van der Waals surface area contributed by atoms with Crippen LogP contribution in [0.5, 0.6) is 0 Å². The van der Waals surface area contributed by atoms with E-state index in [1.54, 1.807) is 0 Å². The lowest BCUT2D eigenvalue weighted by Gasteiger charge is -2.28. The number of ether oxygens (including phenoxy) is 1. The topological polar surface area (TPSA) is 243 Å². The maximum atomic E-state index is 11.5. The third-order valence-corrected chi connectivity index (χ3v) is 3.10. The number of carboxylic acids is 2. The van der Waals surface area contributed by atoms with Crippen molar-refractivity contribution in [1.82, 2.24) is 0 Å². The molecule has 0 heterocycles. The summed E-state index contributed by atoms with van der Waals surface area (Å²) in [7, 11) is 0. The van der Waals surface area contributed by atoms with Crippen LogP contribution in [0.3, 0.4) is 0 Å². The predicted octanol–water partition coefficient (Wildman–Crippen LogP) is -6.22. The van der Waals surface area contributed by atoms with E-state index < -0.39 is 73.7 Å². The zero-order valence-corrected chi connectivity index (χ0v) is 12.7. The van der Waals surface area contributed by atoms with Gasteiger partial charge in [-0.15, -0.1) is 0 Å². The molecule has 0 saturated heterocycles. The molecular weight excluding hydrogens is 379 g/mol. The summed E-state index contributed by atoms with van der Waals surface area (Å²) in [5, 5.41) is 82.3. The molecule has 0 aromatic rings. The first-order valence-corrected chi connectivity index (χ1v) is 6.74. The third-order valence-electron chi connectivity index (χ3n) is 3.10. The van der Waals surface area contributed by atoms with Gasteiger partial charge in [0.2, 0.25) is 6.29 Å². The fraction of sp³-hybridized carbons (Fsp3) is 0.750. The van der Waals surface area contributed by atoms with E-state index in [4.69, 9.17) is 20.4 Å². The van der Waals surface area contributed by atoms with E-state index >= 15 is 0 Å². The van der Waals surface area contributed by atoms with E-state index in [0.29, 0.717) is 0 Å². The number of hydrogen-bond donors (Lipinski definition) is 9. The standard InChI is InChI=1S/C12H20O13.Al.3H/c13-3-4(14)7(18)8(19)9(20)10(21)25-6(17)2-12(24,11(22)23)1-5(15)16;;;;/h4,7-10,13-14,18-21,24H,1-3H2,(H,15,16)(H,22,23);;;;/t4-,7-,8+,9-,10?,12?;;;;/m1..../s1. The SMILES string of the molecule is O=C(O)CC(O)(CC(=O)OC(O)[C@H](O)[C@@H](O)[C@H](O)[C@H](O)CO)C(=O)O.[AlH3]. The fourth-order valence-corrected chi connectivity index (χ4v) is 1.66. The van der Waals surface area contributed by atoms with Gasteiger partial charge in [-0.3, -0.25) is 9.59 Å². The van der Waals surface area contributed by atoms with E-state index in [9.17, 15) is 39.9 Å². The summed E-state index contributed by atoms with van der Waals surface area (Å²) in [6, 6.07) is 0. The molecule has 0 rings (SSSR count). The van der Waals surface area contributed by atoms with E-state index in [1.165, 1.54) is 0 Å². The normalized spacial score (nSPS) is 19.0. The van der Waals surface area contributed by atoms with Gasteiger partial charge in [0.15, 0.2) is 23.0 Å². The van der Waals surface area contributed by atoms with Gasteiger partial charge in [-0.25, -0.2) is 4.79 Å². The summed E-state index contributed by atoms with van der Waals surface area (Å²) in [6.45, 7) is -0.998. The number of hydrogen-bond acceptors (Lipinski definition) is 11. The van der Waals surface area contributed by atoms with Crippen molar-refractivity contribution in [2.24, 2.45) is 0 Å². The minimum Gasteiger partial charge on any atom is -0.481 e. The fourth-order valence-electron chi connectivity index (χ4n) is 1.66. The van der Waals surface area contributed by atoms with E-state index in [0.717, 1.165) is 0 Å². The highest BCUT2D eigenvalue weighted by molar-refractivity contribution is 5.88. The van der Waals surface area contributed by atoms with Crippen molar-refractivity contribution >= 4 is 35.3 Å². The van der Waals surface area contributed by atoms with Crippen LogP contribution in [0, 0.1) is 0 Å². The molecule has 0 saturated carbocycles. The largest absolute Gasteiger partial charge is 0.481 e. The first-order valence-electron chi connectivity index (χ1n) is 6.74. The lowest BCUT2D eigenvalue weighted by atomic mass is 9.96. The van der Waals surface area contributed by atoms with E-state index in [1.807, 2.05) is 0 Å². The molecule has 6 atom stereocenters. The van der Waals surface area contributed by atoms with Crippen molar-refractivity contribution < 1.29 is 65.1 Å². The zero-order chi connectivity index (χ0) is 19.9. The molecule has 0 aromatic carbocycles. The van der Waals surface area contributed by atoms with Crippen molar-refractivity contribution in [3.05, 3.63) is 0 Å². The molecule has 26 heavy (non-hydrogen) atoms. The zero-order valence-electron chi connectivity index (χ0n) is 12.7. The molecule has 0 aliphatic heterocycles. The number of rotatable bonds is 11. The van der Waals surface area contributed by atoms with E-state index in [-0.39, 0.29) is 17.4 Å². The van der Waals surface area contributed by atoms with Gasteiger partial charge in [-0.05, 0) is 0 Å². The maximum absolute atomic E-state index is 11.5. The van der Waals surface area contributed by atoms with Gasteiger partial charge in [0.1, 0.15) is 24.4 Å². The molecule has 9 N–H and O–H groups in total. The van der Waals surface area contributed by atoms with Crippen LogP contribution in [0.4, 0.5) is 0 Å². The van der Waals surface area contributed by atoms with Crippen LogP contribution >= 0.6 is 0 Å². The van der Waals surface area contributed by atoms with Crippen molar-refractivity contribution in [2.75, 3.05) is 6.61 Å². The summed E-state index contributed by atoms with van der Waals surface area (Å²) in [5.74, 6) is -5.43. The number of esters is 1. The highest BCUT2D eigenvalue weighted by Crippen LogP contribution is 2.18. The van der Waals surface area contributed by atoms with Crippen LogP contribution in [0.25, 0.3) is 0 Å². The van der Waals surface area contributed by atoms with Crippen molar-refractivity contribution in [1.29, 1.82) is 0 Å². The predicted molar refractivity (Wildman–Crippen MR) is 82.6 cm³/mol. The average molecular weight is 402 g/mol. The number of aliphatic carboxylic acids is 2. The van der Waals surface area contributed by atoms with E-state index in [2.05, 4.69) is 4.74 Å². The van der Waals surface area contributed by atoms with Gasteiger partial charge in [0.05, 0.1) is 19.4 Å². The number of carbonyl (C=O) groups is 3. The molecule has 0 aliphatic rings. The second kappa shape index (κ2) is 11.4. The number of carboxylic acid groups (broad SMARTS) is 2. The van der Waals surface area contributed by atoms with Gasteiger partial charge in [-0.2, -0.15) is 0 Å². The van der Waals surface area contributed by atoms with Gasteiger partial charge in [0, 0.05) is 0 Å². The molecule has 13 nitrogen and oxygen atoms in total. The lowest BCUT2D eigenvalue weighted by Crippen LogP contribution is -2.51. The smallest absolute Gasteiger partial charge is 0.336 e. The highest BCUT2D eigenvalue weighted by atomic mass is 27.0. The Morgan fingerprint density at radius 2 is 1.38 bits per heavy atom. The maximum Gasteiger partial charge on any atom is 0.336 e. The lowest BCUT2D eigenvalue weighted by molar-refractivity contribution is -0.217. The van der Waals surface area contributed by atoms with Crippen LogP contribution in [-0.4, -0.2) is 124 Å². The van der Waals surface area contributed by atoms with Crippen LogP contribution in [0.1, 0.15) is 12.8 Å². The molecule has 0 fully saturated rings. The Morgan fingerprint density at radius 3 is 1.77 bits per heavy atom. The first-order chi connectivity index (χ1) is 11.4. The van der Waals surface area contributed by atoms with Gasteiger partial charge < -0.3 is 50.7 Å². The van der Waals surface area contributed by atoms with Crippen molar-refractivity contribution in [2.45, 2.75) is 49.1 Å². The molecule has 0 aliphatic carbocycles. The minimum atomic E-state index is -3.04. The Hall–Kier alpha value is -1.34. The number of carbonyl (C=O) groups excluding carboxylic acids is 1. The van der Waals surface area contributed by atoms with Crippen molar-refractivity contribution in [3.63, 3.8) is 0 Å². The Kier molecular flexibility index (Phi) is 11.8. The van der Waals surface area contributed by atoms with Crippen LogP contribution < -0.4 is 0 Å². The summed E-state index contributed by atoms with van der Waals surface area (Å²) in [6.07, 6.45) is -14.0.